The topological polar surface area (TPSA) is 0 Å². The first-order valence-corrected chi connectivity index (χ1v) is 4.63. The maximum absolute atomic E-state index is 12.5. The van der Waals surface area contributed by atoms with E-state index >= 15 is 0 Å². The van der Waals surface area contributed by atoms with Gasteiger partial charge < -0.3 is 0 Å². The third-order valence-electron chi connectivity index (χ3n) is 4.68. The van der Waals surface area contributed by atoms with Crippen molar-refractivity contribution in [3.8, 4) is 0 Å². The minimum atomic E-state index is -4.06. The fourth-order valence-corrected chi connectivity index (χ4v) is 2.59. The lowest BCUT2D eigenvalue weighted by atomic mass is 9.84. The second kappa shape index (κ2) is 2.43. The Morgan fingerprint density at radius 2 is 1.46 bits per heavy atom. The molecule has 3 unspecified atom stereocenters. The Balaban J connectivity index is 2.87. The van der Waals surface area contributed by atoms with Gasteiger partial charge in [-0.1, -0.05) is 34.6 Å². The summed E-state index contributed by atoms with van der Waals surface area (Å²) in [6.45, 7) is 8.78. The van der Waals surface area contributed by atoms with E-state index < -0.39 is 17.5 Å². The summed E-state index contributed by atoms with van der Waals surface area (Å²) in [5.74, 6) is -1.05. The van der Waals surface area contributed by atoms with Gasteiger partial charge in [-0.2, -0.15) is 13.2 Å². The van der Waals surface area contributed by atoms with E-state index in [9.17, 15) is 13.2 Å². The van der Waals surface area contributed by atoms with Crippen molar-refractivity contribution in [2.75, 3.05) is 0 Å². The Morgan fingerprint density at radius 3 is 1.54 bits per heavy atom. The van der Waals surface area contributed by atoms with Gasteiger partial charge in [0.05, 0.1) is 5.92 Å². The Labute approximate surface area is 77.5 Å². The third-order valence-corrected chi connectivity index (χ3v) is 4.68. The van der Waals surface area contributed by atoms with Crippen LogP contribution in [0, 0.1) is 22.7 Å². The highest BCUT2D eigenvalue weighted by Gasteiger charge is 2.71. The molecule has 0 saturated heterocycles. The molecule has 0 aromatic rings. The van der Waals surface area contributed by atoms with Gasteiger partial charge >= 0.3 is 6.18 Å². The van der Waals surface area contributed by atoms with Crippen LogP contribution in [0.4, 0.5) is 13.2 Å². The van der Waals surface area contributed by atoms with Gasteiger partial charge in [0.15, 0.2) is 0 Å². The van der Waals surface area contributed by atoms with Crippen LogP contribution in [0.2, 0.25) is 0 Å². The summed E-state index contributed by atoms with van der Waals surface area (Å²) in [5, 5.41) is 0. The van der Waals surface area contributed by atoms with Gasteiger partial charge in [0, 0.05) is 0 Å². The molecule has 13 heavy (non-hydrogen) atoms. The van der Waals surface area contributed by atoms with Crippen LogP contribution in [0.15, 0.2) is 0 Å². The number of hydrogen-bond acceptors (Lipinski definition) is 0. The minimum Gasteiger partial charge on any atom is -0.171 e. The molecule has 0 bridgehead atoms. The number of halogens is 3. The molecular formula is C10H17F3. The van der Waals surface area contributed by atoms with Crippen LogP contribution < -0.4 is 0 Å². The molecular weight excluding hydrogens is 177 g/mol. The van der Waals surface area contributed by atoms with Gasteiger partial charge in [0.25, 0.3) is 0 Å². The first-order valence-electron chi connectivity index (χ1n) is 4.63. The van der Waals surface area contributed by atoms with Gasteiger partial charge in [0.2, 0.25) is 0 Å². The van der Waals surface area contributed by atoms with Crippen LogP contribution in [0.5, 0.6) is 0 Å². The van der Waals surface area contributed by atoms with Crippen LogP contribution in [0.25, 0.3) is 0 Å². The summed E-state index contributed by atoms with van der Waals surface area (Å²) in [4.78, 5) is 0. The average molecular weight is 194 g/mol. The molecule has 3 atom stereocenters. The second-order valence-electron chi connectivity index (χ2n) is 4.99. The summed E-state index contributed by atoms with van der Waals surface area (Å²) in [7, 11) is 0. The monoisotopic (exact) mass is 194 g/mol. The van der Waals surface area contributed by atoms with E-state index in [-0.39, 0.29) is 11.3 Å². The fourth-order valence-electron chi connectivity index (χ4n) is 2.59. The average Bonchev–Trinajstić information content (AvgIpc) is 2.32. The van der Waals surface area contributed by atoms with Gasteiger partial charge in [0.1, 0.15) is 0 Å². The first kappa shape index (κ1) is 10.9. The van der Waals surface area contributed by atoms with E-state index in [1.807, 2.05) is 20.8 Å². The summed E-state index contributed by atoms with van der Waals surface area (Å²) in [5.41, 5.74) is -0.757. The normalized spacial score (nSPS) is 40.2. The Bertz CT molecular complexity index is 217. The van der Waals surface area contributed by atoms with E-state index in [4.69, 9.17) is 0 Å². The predicted molar refractivity (Wildman–Crippen MR) is 46.3 cm³/mol. The van der Waals surface area contributed by atoms with Crippen LogP contribution in [-0.4, -0.2) is 6.18 Å². The standard InChI is InChI=1S/C10H17F3/c1-6-8(3,4)9(6,5)7(2)10(11,12)13/h6-7H,1-5H3. The molecule has 0 aromatic heterocycles. The molecule has 1 rings (SSSR count). The van der Waals surface area contributed by atoms with Crippen molar-refractivity contribution < 1.29 is 13.2 Å². The molecule has 78 valence electrons. The molecule has 0 amide bonds. The van der Waals surface area contributed by atoms with Crippen molar-refractivity contribution in [3.63, 3.8) is 0 Å². The minimum absolute atomic E-state index is 0.150. The molecule has 0 spiro atoms. The summed E-state index contributed by atoms with van der Waals surface area (Å²) < 4.78 is 37.5. The molecule has 0 heterocycles. The maximum Gasteiger partial charge on any atom is 0.392 e. The van der Waals surface area contributed by atoms with E-state index in [1.54, 1.807) is 6.92 Å². The molecule has 0 N–H and O–H groups in total. The van der Waals surface area contributed by atoms with Crippen LogP contribution >= 0.6 is 0 Å². The Morgan fingerprint density at radius 1 is 1.15 bits per heavy atom. The lowest BCUT2D eigenvalue weighted by molar-refractivity contribution is -0.190. The molecule has 0 nitrogen and oxygen atoms in total. The molecule has 1 saturated carbocycles. The second-order valence-corrected chi connectivity index (χ2v) is 4.99. The van der Waals surface area contributed by atoms with Crippen molar-refractivity contribution in [1.29, 1.82) is 0 Å². The summed E-state index contributed by atoms with van der Waals surface area (Å²) in [6.07, 6.45) is -4.06. The molecule has 1 aliphatic rings. The van der Waals surface area contributed by atoms with Crippen molar-refractivity contribution in [2.24, 2.45) is 22.7 Å². The molecule has 0 radical (unpaired) electrons. The van der Waals surface area contributed by atoms with E-state index in [1.165, 1.54) is 6.92 Å². The molecule has 0 aromatic carbocycles. The number of alkyl halides is 3. The van der Waals surface area contributed by atoms with Crippen LogP contribution in [-0.2, 0) is 0 Å². The van der Waals surface area contributed by atoms with E-state index in [0.717, 1.165) is 0 Å². The SMILES string of the molecule is CC(C(F)(F)F)C1(C)C(C)C1(C)C. The van der Waals surface area contributed by atoms with Crippen LogP contribution in [0.3, 0.4) is 0 Å². The van der Waals surface area contributed by atoms with Crippen LogP contribution in [0.1, 0.15) is 34.6 Å². The van der Waals surface area contributed by atoms with Crippen molar-refractivity contribution in [3.05, 3.63) is 0 Å². The van der Waals surface area contributed by atoms with Crippen molar-refractivity contribution in [1.82, 2.24) is 0 Å². The zero-order valence-corrected chi connectivity index (χ0v) is 8.79. The Kier molecular flexibility index (Phi) is 2.03. The van der Waals surface area contributed by atoms with E-state index in [2.05, 4.69) is 0 Å². The van der Waals surface area contributed by atoms with Gasteiger partial charge in [-0.25, -0.2) is 0 Å². The van der Waals surface area contributed by atoms with E-state index in [0.29, 0.717) is 0 Å². The van der Waals surface area contributed by atoms with Crippen molar-refractivity contribution in [2.45, 2.75) is 40.8 Å². The quantitative estimate of drug-likeness (QED) is 0.594. The summed E-state index contributed by atoms with van der Waals surface area (Å²) >= 11 is 0. The zero-order valence-electron chi connectivity index (χ0n) is 8.79. The molecule has 1 aliphatic carbocycles. The van der Waals surface area contributed by atoms with Gasteiger partial charge in [-0.05, 0) is 16.7 Å². The fraction of sp³-hybridized carbons (Fsp3) is 1.00. The largest absolute Gasteiger partial charge is 0.392 e. The lowest BCUT2D eigenvalue weighted by Gasteiger charge is -2.25. The zero-order chi connectivity index (χ0) is 10.7. The number of rotatable bonds is 1. The summed E-state index contributed by atoms with van der Waals surface area (Å²) in [6, 6.07) is 0. The Hall–Kier alpha value is -0.210. The predicted octanol–water partition coefficient (Wildman–Crippen LogP) is 3.87. The smallest absolute Gasteiger partial charge is 0.171 e. The number of hydrogen-bond donors (Lipinski definition) is 0. The third kappa shape index (κ3) is 1.19. The molecule has 3 heteroatoms. The van der Waals surface area contributed by atoms with Gasteiger partial charge in [-0.15, -0.1) is 0 Å². The highest BCUT2D eigenvalue weighted by Crippen LogP contribution is 2.73. The molecule has 0 aliphatic heterocycles. The lowest BCUT2D eigenvalue weighted by Crippen LogP contribution is -2.30. The van der Waals surface area contributed by atoms with Gasteiger partial charge in [-0.3, -0.25) is 0 Å². The maximum atomic E-state index is 12.5. The molecule has 1 fully saturated rings. The van der Waals surface area contributed by atoms with Crippen molar-refractivity contribution >= 4 is 0 Å². The highest BCUT2D eigenvalue weighted by atomic mass is 19.4. The highest BCUT2D eigenvalue weighted by molar-refractivity contribution is 5.15. The first-order chi connectivity index (χ1) is 5.56.